The van der Waals surface area contributed by atoms with Crippen LogP contribution in [0.25, 0.3) is 0 Å². The number of nitrogens with one attached hydrogen (secondary N) is 2. The standard InChI is InChI=1S/C15H20N2O4/c1-9-4-3-5-10(2)13(9)17-15(20)16-8-11-6-7-12(21-11)14(18)19/h3-5,11-12H,6-8H2,1-2H3,(H,18,19)(H2,16,17,20). The SMILES string of the molecule is Cc1cccc(C)c1NC(=O)NCC1CCC(C(=O)O)O1. The van der Waals surface area contributed by atoms with Crippen LogP contribution in [0.5, 0.6) is 0 Å². The van der Waals surface area contributed by atoms with Crippen molar-refractivity contribution < 1.29 is 19.4 Å². The van der Waals surface area contributed by atoms with Gasteiger partial charge in [0.15, 0.2) is 6.10 Å². The highest BCUT2D eigenvalue weighted by Gasteiger charge is 2.30. The van der Waals surface area contributed by atoms with Crippen molar-refractivity contribution in [2.45, 2.75) is 38.9 Å². The Balaban J connectivity index is 1.82. The summed E-state index contributed by atoms with van der Waals surface area (Å²) in [5.74, 6) is -0.947. The molecule has 1 saturated heterocycles. The Morgan fingerprint density at radius 3 is 2.52 bits per heavy atom. The lowest BCUT2D eigenvalue weighted by molar-refractivity contribution is -0.149. The molecule has 1 aromatic rings. The number of benzene rings is 1. The molecule has 0 spiro atoms. The fourth-order valence-electron chi connectivity index (χ4n) is 2.41. The van der Waals surface area contributed by atoms with Gasteiger partial charge in [-0.2, -0.15) is 0 Å². The van der Waals surface area contributed by atoms with Gasteiger partial charge in [0, 0.05) is 12.2 Å². The van der Waals surface area contributed by atoms with E-state index in [0.717, 1.165) is 16.8 Å². The Morgan fingerprint density at radius 1 is 1.29 bits per heavy atom. The van der Waals surface area contributed by atoms with Gasteiger partial charge in [-0.15, -0.1) is 0 Å². The molecule has 6 nitrogen and oxygen atoms in total. The average molecular weight is 292 g/mol. The summed E-state index contributed by atoms with van der Waals surface area (Å²) in [5, 5.41) is 14.4. The maximum Gasteiger partial charge on any atom is 0.332 e. The summed E-state index contributed by atoms with van der Waals surface area (Å²) in [6, 6.07) is 5.49. The van der Waals surface area contributed by atoms with Crippen molar-refractivity contribution in [2.75, 3.05) is 11.9 Å². The summed E-state index contributed by atoms with van der Waals surface area (Å²) in [4.78, 5) is 22.7. The fourth-order valence-corrected chi connectivity index (χ4v) is 2.41. The number of aryl methyl sites for hydroxylation is 2. The third-order valence-corrected chi connectivity index (χ3v) is 3.59. The van der Waals surface area contributed by atoms with Crippen molar-refractivity contribution >= 4 is 17.7 Å². The summed E-state index contributed by atoms with van der Waals surface area (Å²) in [7, 11) is 0. The summed E-state index contributed by atoms with van der Waals surface area (Å²) < 4.78 is 5.33. The molecule has 2 rings (SSSR count). The highest BCUT2D eigenvalue weighted by molar-refractivity contribution is 5.91. The summed E-state index contributed by atoms with van der Waals surface area (Å²) in [6.45, 7) is 4.17. The van der Waals surface area contributed by atoms with Gasteiger partial charge in [-0.3, -0.25) is 0 Å². The van der Waals surface area contributed by atoms with E-state index in [-0.39, 0.29) is 12.1 Å². The van der Waals surface area contributed by atoms with E-state index in [1.54, 1.807) is 0 Å². The van der Waals surface area contributed by atoms with Crippen molar-refractivity contribution in [3.8, 4) is 0 Å². The molecule has 1 fully saturated rings. The molecule has 0 bridgehead atoms. The zero-order chi connectivity index (χ0) is 15.4. The van der Waals surface area contributed by atoms with E-state index >= 15 is 0 Å². The normalized spacial score (nSPS) is 21.0. The average Bonchev–Trinajstić information content (AvgIpc) is 2.90. The second-order valence-corrected chi connectivity index (χ2v) is 5.26. The van der Waals surface area contributed by atoms with E-state index in [0.29, 0.717) is 19.4 Å². The van der Waals surface area contributed by atoms with Gasteiger partial charge in [-0.25, -0.2) is 9.59 Å². The third kappa shape index (κ3) is 3.95. The smallest absolute Gasteiger partial charge is 0.332 e. The largest absolute Gasteiger partial charge is 0.479 e. The minimum absolute atomic E-state index is 0.241. The number of ether oxygens (including phenoxy) is 1. The number of aliphatic carboxylic acids is 1. The van der Waals surface area contributed by atoms with Crippen molar-refractivity contribution in [3.63, 3.8) is 0 Å². The number of carboxylic acids is 1. The van der Waals surface area contributed by atoms with Crippen LogP contribution in [0.1, 0.15) is 24.0 Å². The molecule has 21 heavy (non-hydrogen) atoms. The van der Waals surface area contributed by atoms with Crippen LogP contribution in [-0.4, -0.2) is 35.9 Å². The summed E-state index contributed by atoms with van der Waals surface area (Å²) in [6.07, 6.45) is 0.134. The Bertz CT molecular complexity index is 524. The molecule has 1 heterocycles. The van der Waals surface area contributed by atoms with Gasteiger partial charge in [-0.05, 0) is 37.8 Å². The lowest BCUT2D eigenvalue weighted by atomic mass is 10.1. The first-order valence-electron chi connectivity index (χ1n) is 6.96. The first-order valence-corrected chi connectivity index (χ1v) is 6.96. The predicted octanol–water partition coefficient (Wildman–Crippen LogP) is 2.06. The second kappa shape index (κ2) is 6.58. The minimum atomic E-state index is -0.947. The lowest BCUT2D eigenvalue weighted by Crippen LogP contribution is -2.36. The van der Waals surface area contributed by atoms with Crippen LogP contribution in [0.3, 0.4) is 0 Å². The van der Waals surface area contributed by atoms with E-state index in [2.05, 4.69) is 10.6 Å². The van der Waals surface area contributed by atoms with Crippen LogP contribution < -0.4 is 10.6 Å². The van der Waals surface area contributed by atoms with Crippen molar-refractivity contribution in [2.24, 2.45) is 0 Å². The van der Waals surface area contributed by atoms with Crippen molar-refractivity contribution in [1.29, 1.82) is 0 Å². The summed E-state index contributed by atoms with van der Waals surface area (Å²) in [5.41, 5.74) is 2.78. The fraction of sp³-hybridized carbons (Fsp3) is 0.467. The number of carbonyl (C=O) groups excluding carboxylic acids is 1. The highest BCUT2D eigenvalue weighted by Crippen LogP contribution is 2.20. The van der Waals surface area contributed by atoms with Crippen LogP contribution in [0.4, 0.5) is 10.5 Å². The number of urea groups is 1. The number of hydrogen-bond acceptors (Lipinski definition) is 3. The van der Waals surface area contributed by atoms with Gasteiger partial charge in [-0.1, -0.05) is 18.2 Å². The van der Waals surface area contributed by atoms with Crippen LogP contribution >= 0.6 is 0 Å². The molecular weight excluding hydrogens is 272 g/mol. The number of carbonyl (C=O) groups is 2. The van der Waals surface area contributed by atoms with E-state index in [9.17, 15) is 9.59 Å². The second-order valence-electron chi connectivity index (χ2n) is 5.26. The van der Waals surface area contributed by atoms with Crippen LogP contribution in [0, 0.1) is 13.8 Å². The van der Waals surface area contributed by atoms with Crippen LogP contribution in [-0.2, 0) is 9.53 Å². The molecule has 1 aliphatic heterocycles. The van der Waals surface area contributed by atoms with E-state index in [1.165, 1.54) is 0 Å². The zero-order valence-corrected chi connectivity index (χ0v) is 12.2. The Labute approximate surface area is 123 Å². The molecule has 2 amide bonds. The number of para-hydroxylation sites is 1. The number of hydrogen-bond donors (Lipinski definition) is 3. The molecule has 6 heteroatoms. The molecule has 0 aliphatic carbocycles. The monoisotopic (exact) mass is 292 g/mol. The lowest BCUT2D eigenvalue weighted by Gasteiger charge is -2.15. The molecule has 2 unspecified atom stereocenters. The van der Waals surface area contributed by atoms with Gasteiger partial charge < -0.3 is 20.5 Å². The molecule has 1 aliphatic rings. The minimum Gasteiger partial charge on any atom is -0.479 e. The molecular formula is C15H20N2O4. The molecule has 3 N–H and O–H groups in total. The van der Waals surface area contributed by atoms with E-state index in [4.69, 9.17) is 9.84 Å². The van der Waals surface area contributed by atoms with Gasteiger partial charge in [0.25, 0.3) is 0 Å². The molecule has 0 radical (unpaired) electrons. The predicted molar refractivity (Wildman–Crippen MR) is 78.5 cm³/mol. The third-order valence-electron chi connectivity index (χ3n) is 3.59. The first kappa shape index (κ1) is 15.3. The molecule has 0 saturated carbocycles. The molecule has 2 atom stereocenters. The molecule has 1 aromatic carbocycles. The molecule has 0 aromatic heterocycles. The van der Waals surface area contributed by atoms with Gasteiger partial charge in [0.1, 0.15) is 0 Å². The Kier molecular flexibility index (Phi) is 4.80. The van der Waals surface area contributed by atoms with Crippen molar-refractivity contribution in [1.82, 2.24) is 5.32 Å². The summed E-state index contributed by atoms with van der Waals surface area (Å²) >= 11 is 0. The quantitative estimate of drug-likeness (QED) is 0.792. The Hall–Kier alpha value is -2.08. The van der Waals surface area contributed by atoms with Crippen LogP contribution in [0.2, 0.25) is 0 Å². The number of carboxylic acid groups (broad SMARTS) is 1. The van der Waals surface area contributed by atoms with E-state index in [1.807, 2.05) is 32.0 Å². The van der Waals surface area contributed by atoms with Crippen LogP contribution in [0.15, 0.2) is 18.2 Å². The maximum absolute atomic E-state index is 11.9. The first-order chi connectivity index (χ1) is 9.97. The highest BCUT2D eigenvalue weighted by atomic mass is 16.5. The van der Waals surface area contributed by atoms with Gasteiger partial charge >= 0.3 is 12.0 Å². The number of rotatable bonds is 4. The zero-order valence-electron chi connectivity index (χ0n) is 12.2. The van der Waals surface area contributed by atoms with Crippen molar-refractivity contribution in [3.05, 3.63) is 29.3 Å². The number of anilines is 1. The number of amides is 2. The van der Waals surface area contributed by atoms with E-state index < -0.39 is 12.1 Å². The maximum atomic E-state index is 11.9. The Morgan fingerprint density at radius 2 is 1.95 bits per heavy atom. The molecule has 114 valence electrons. The van der Waals surface area contributed by atoms with Gasteiger partial charge in [0.05, 0.1) is 6.10 Å². The van der Waals surface area contributed by atoms with Gasteiger partial charge in [0.2, 0.25) is 0 Å². The topological polar surface area (TPSA) is 87.7 Å².